The van der Waals surface area contributed by atoms with Gasteiger partial charge in [-0.05, 0) is 60.9 Å². The minimum absolute atomic E-state index is 0.0994. The molecule has 0 saturated heterocycles. The summed E-state index contributed by atoms with van der Waals surface area (Å²) in [6.45, 7) is 1.53. The molecule has 3 aromatic carbocycles. The molecule has 0 amide bonds. The maximum Gasteiger partial charge on any atom is 0.270 e. The Kier molecular flexibility index (Phi) is 6.49. The summed E-state index contributed by atoms with van der Waals surface area (Å²) in [5, 5.41) is 11.3. The van der Waals surface area contributed by atoms with E-state index in [-0.39, 0.29) is 24.1 Å². The van der Waals surface area contributed by atoms with Gasteiger partial charge in [0.05, 0.1) is 24.0 Å². The van der Waals surface area contributed by atoms with Crippen molar-refractivity contribution in [2.24, 2.45) is 0 Å². The zero-order valence-corrected chi connectivity index (χ0v) is 20.2. The fraction of sp³-hybridized carbons (Fsp3) is 0.240. The highest BCUT2D eigenvalue weighted by atomic mass is 32.2. The Hall–Kier alpha value is -3.92. The van der Waals surface area contributed by atoms with Crippen LogP contribution in [0.3, 0.4) is 0 Å². The molecule has 4 rings (SSSR count). The zero-order valence-electron chi connectivity index (χ0n) is 19.4. The number of Topliss-reactive ketones (excluding diaryl/α,β-unsaturated/α-hetero) is 1. The zero-order chi connectivity index (χ0) is 25.3. The van der Waals surface area contributed by atoms with Gasteiger partial charge in [-0.1, -0.05) is 12.1 Å². The van der Waals surface area contributed by atoms with Gasteiger partial charge < -0.3 is 9.47 Å². The van der Waals surface area contributed by atoms with Crippen molar-refractivity contribution in [1.29, 1.82) is 0 Å². The van der Waals surface area contributed by atoms with Crippen molar-refractivity contribution in [2.45, 2.75) is 19.4 Å². The van der Waals surface area contributed by atoms with Gasteiger partial charge >= 0.3 is 0 Å². The van der Waals surface area contributed by atoms with Crippen LogP contribution < -0.4 is 13.8 Å². The highest BCUT2D eigenvalue weighted by molar-refractivity contribution is 7.92. The van der Waals surface area contributed by atoms with E-state index in [4.69, 9.17) is 9.47 Å². The second-order valence-corrected chi connectivity index (χ2v) is 10.2. The summed E-state index contributed by atoms with van der Waals surface area (Å²) in [4.78, 5) is 23.7. The second kappa shape index (κ2) is 9.38. The van der Waals surface area contributed by atoms with Gasteiger partial charge in [-0.25, -0.2) is 8.42 Å². The van der Waals surface area contributed by atoms with Gasteiger partial charge in [-0.2, -0.15) is 0 Å². The molecule has 3 aromatic rings. The molecule has 0 saturated carbocycles. The molecule has 0 spiro atoms. The predicted octanol–water partition coefficient (Wildman–Crippen LogP) is 4.24. The minimum atomic E-state index is -3.42. The maximum absolute atomic E-state index is 12.9. The monoisotopic (exact) mass is 496 g/mol. The maximum atomic E-state index is 12.9. The Bertz CT molecular complexity index is 1400. The van der Waals surface area contributed by atoms with Crippen molar-refractivity contribution < 1.29 is 27.6 Å². The van der Waals surface area contributed by atoms with Crippen LogP contribution in [-0.2, 0) is 16.4 Å². The van der Waals surface area contributed by atoms with E-state index in [2.05, 4.69) is 0 Å². The van der Waals surface area contributed by atoms with Crippen LogP contribution in [-0.4, -0.2) is 45.1 Å². The Morgan fingerprint density at radius 2 is 1.83 bits per heavy atom. The molecule has 1 aliphatic rings. The molecule has 1 atom stereocenters. The summed E-state index contributed by atoms with van der Waals surface area (Å²) >= 11 is 0. The SMILES string of the molecule is COc1ccc(-c2cc([N+](=O)[O-])ccc2OCC(=O)c2ccc3c(c2)C[C@@H](C)N3S(C)(=O)=O)cc1. The first-order chi connectivity index (χ1) is 16.6. The van der Waals surface area contributed by atoms with Crippen LogP contribution in [0.1, 0.15) is 22.8 Å². The summed E-state index contributed by atoms with van der Waals surface area (Å²) in [5.41, 5.74) is 2.81. The van der Waals surface area contributed by atoms with Gasteiger partial charge in [0.2, 0.25) is 10.0 Å². The van der Waals surface area contributed by atoms with Gasteiger partial charge in [0.15, 0.2) is 12.4 Å². The number of methoxy groups -OCH3 is 1. The molecular weight excluding hydrogens is 472 g/mol. The molecule has 10 heteroatoms. The number of rotatable bonds is 8. The number of benzene rings is 3. The van der Waals surface area contributed by atoms with E-state index in [1.54, 1.807) is 49.6 Å². The third-order valence-electron chi connectivity index (χ3n) is 5.85. The summed E-state index contributed by atoms with van der Waals surface area (Å²) in [6, 6.07) is 15.9. The summed E-state index contributed by atoms with van der Waals surface area (Å²) < 4.78 is 36.6. The van der Waals surface area contributed by atoms with Crippen LogP contribution in [0.25, 0.3) is 11.1 Å². The Balaban J connectivity index is 1.57. The molecule has 0 aliphatic carbocycles. The Morgan fingerprint density at radius 3 is 2.46 bits per heavy atom. The lowest BCUT2D eigenvalue weighted by atomic mass is 10.0. The summed E-state index contributed by atoms with van der Waals surface area (Å²) in [5.74, 6) is 0.668. The number of carbonyl (C=O) groups is 1. The number of ether oxygens (including phenoxy) is 2. The molecule has 182 valence electrons. The van der Waals surface area contributed by atoms with Crippen LogP contribution >= 0.6 is 0 Å². The summed E-state index contributed by atoms with van der Waals surface area (Å²) in [6.07, 6.45) is 1.67. The lowest BCUT2D eigenvalue weighted by molar-refractivity contribution is -0.384. The Morgan fingerprint density at radius 1 is 1.11 bits per heavy atom. The molecular formula is C25H24N2O7S. The van der Waals surface area contributed by atoms with E-state index >= 15 is 0 Å². The fourth-order valence-electron chi connectivity index (χ4n) is 4.26. The molecule has 1 heterocycles. The smallest absolute Gasteiger partial charge is 0.270 e. The molecule has 35 heavy (non-hydrogen) atoms. The topological polar surface area (TPSA) is 116 Å². The summed E-state index contributed by atoms with van der Waals surface area (Å²) in [7, 11) is -1.88. The van der Waals surface area contributed by atoms with E-state index in [0.29, 0.717) is 40.3 Å². The van der Waals surface area contributed by atoms with E-state index in [1.165, 1.54) is 22.5 Å². The van der Waals surface area contributed by atoms with Crippen LogP contribution in [0.2, 0.25) is 0 Å². The second-order valence-electron chi connectivity index (χ2n) is 8.33. The van der Waals surface area contributed by atoms with Crippen molar-refractivity contribution in [3.8, 4) is 22.6 Å². The number of hydrogen-bond donors (Lipinski definition) is 0. The highest BCUT2D eigenvalue weighted by Crippen LogP contribution is 2.36. The van der Waals surface area contributed by atoms with E-state index < -0.39 is 14.9 Å². The number of carbonyl (C=O) groups excluding carboxylic acids is 1. The van der Waals surface area contributed by atoms with Crippen molar-refractivity contribution in [3.05, 3.63) is 81.9 Å². The quantitative estimate of drug-likeness (QED) is 0.260. The number of nitrogens with zero attached hydrogens (tertiary/aromatic N) is 2. The number of nitro groups is 1. The van der Waals surface area contributed by atoms with Crippen molar-refractivity contribution >= 4 is 27.2 Å². The standard InChI is InChI=1S/C25H24N2O7S/c1-16-12-19-13-18(6-10-23(19)26(16)35(3,31)32)24(28)15-34-25-11-7-20(27(29)30)14-22(25)17-4-8-21(33-2)9-5-17/h4-11,13-14,16H,12,15H2,1-3H3/t16-/m1/s1. The molecule has 0 unspecified atom stereocenters. The first kappa shape index (κ1) is 24.2. The number of fused-ring (bicyclic) bond motifs is 1. The van der Waals surface area contributed by atoms with Crippen molar-refractivity contribution in [2.75, 3.05) is 24.3 Å². The van der Waals surface area contributed by atoms with Crippen molar-refractivity contribution in [1.82, 2.24) is 0 Å². The first-order valence-corrected chi connectivity index (χ1v) is 12.6. The number of nitro benzene ring substituents is 1. The fourth-order valence-corrected chi connectivity index (χ4v) is 5.53. The molecule has 1 aliphatic heterocycles. The number of sulfonamides is 1. The van der Waals surface area contributed by atoms with E-state index in [9.17, 15) is 23.3 Å². The van der Waals surface area contributed by atoms with Gasteiger partial charge in [0.25, 0.3) is 5.69 Å². The van der Waals surface area contributed by atoms with Gasteiger partial charge in [0.1, 0.15) is 11.5 Å². The molecule has 9 nitrogen and oxygen atoms in total. The number of ketones is 1. The van der Waals surface area contributed by atoms with Crippen LogP contribution in [0.15, 0.2) is 60.7 Å². The normalized spacial score (nSPS) is 14.9. The Labute approximate surface area is 203 Å². The molecule has 0 aromatic heterocycles. The van der Waals surface area contributed by atoms with Crippen molar-refractivity contribution in [3.63, 3.8) is 0 Å². The lowest BCUT2D eigenvalue weighted by Crippen LogP contribution is -2.34. The van der Waals surface area contributed by atoms with Gasteiger partial charge in [-0.15, -0.1) is 0 Å². The van der Waals surface area contributed by atoms with Crippen LogP contribution in [0.5, 0.6) is 11.5 Å². The minimum Gasteiger partial charge on any atom is -0.497 e. The average molecular weight is 497 g/mol. The average Bonchev–Trinajstić information content (AvgIpc) is 3.17. The highest BCUT2D eigenvalue weighted by Gasteiger charge is 2.32. The molecule has 0 radical (unpaired) electrons. The number of anilines is 1. The van der Waals surface area contributed by atoms with Gasteiger partial charge in [0, 0.05) is 29.3 Å². The van der Waals surface area contributed by atoms with Crippen LogP contribution in [0, 0.1) is 10.1 Å². The number of hydrogen-bond acceptors (Lipinski definition) is 7. The number of non-ortho nitro benzene ring substituents is 1. The molecule has 0 fully saturated rings. The van der Waals surface area contributed by atoms with Crippen LogP contribution in [0.4, 0.5) is 11.4 Å². The van der Waals surface area contributed by atoms with E-state index in [1.807, 2.05) is 6.92 Å². The lowest BCUT2D eigenvalue weighted by Gasteiger charge is -2.21. The molecule has 0 N–H and O–H groups in total. The van der Waals surface area contributed by atoms with Gasteiger partial charge in [-0.3, -0.25) is 19.2 Å². The first-order valence-electron chi connectivity index (χ1n) is 10.8. The third kappa shape index (κ3) is 4.97. The third-order valence-corrected chi connectivity index (χ3v) is 7.12. The van der Waals surface area contributed by atoms with E-state index in [0.717, 1.165) is 11.8 Å². The predicted molar refractivity (Wildman–Crippen MR) is 132 cm³/mol. The largest absolute Gasteiger partial charge is 0.497 e. The molecule has 0 bridgehead atoms.